The van der Waals surface area contributed by atoms with Crippen LogP contribution < -0.4 is 0 Å². The second kappa shape index (κ2) is 2.32. The summed E-state index contributed by atoms with van der Waals surface area (Å²) < 4.78 is 0. The van der Waals surface area contributed by atoms with Gasteiger partial charge in [-0.25, -0.2) is 0 Å². The van der Waals surface area contributed by atoms with E-state index in [-0.39, 0.29) is 0 Å². The summed E-state index contributed by atoms with van der Waals surface area (Å²) in [5.41, 5.74) is 0. The lowest BCUT2D eigenvalue weighted by Gasteiger charge is -2.37. The van der Waals surface area contributed by atoms with Crippen molar-refractivity contribution in [3.8, 4) is 0 Å². The fourth-order valence-electron chi connectivity index (χ4n) is 3.43. The molecule has 2 nitrogen and oxygen atoms in total. The summed E-state index contributed by atoms with van der Waals surface area (Å²) >= 11 is 0. The van der Waals surface area contributed by atoms with Crippen molar-refractivity contribution in [2.75, 3.05) is 6.54 Å². The minimum atomic E-state index is 0.359. The van der Waals surface area contributed by atoms with E-state index >= 15 is 0 Å². The van der Waals surface area contributed by atoms with Gasteiger partial charge in [0.05, 0.1) is 6.04 Å². The number of carbonyl (C=O) groups is 1. The van der Waals surface area contributed by atoms with Gasteiger partial charge in [0, 0.05) is 12.5 Å². The van der Waals surface area contributed by atoms with Gasteiger partial charge in [-0.05, 0) is 38.1 Å². The smallest absolute Gasteiger partial charge is 0.150 e. The lowest BCUT2D eigenvalue weighted by atomic mass is 9.89. The Bertz CT molecular complexity index is 226. The van der Waals surface area contributed by atoms with E-state index in [1.165, 1.54) is 25.8 Å². The number of ketones is 1. The molecule has 0 spiro atoms. The van der Waals surface area contributed by atoms with Crippen LogP contribution in [0.3, 0.4) is 0 Å². The predicted molar refractivity (Wildman–Crippen MR) is 45.9 cm³/mol. The highest BCUT2D eigenvalue weighted by molar-refractivity contribution is 5.86. The van der Waals surface area contributed by atoms with Crippen LogP contribution in [0.1, 0.15) is 32.1 Å². The Morgan fingerprint density at radius 1 is 1.33 bits per heavy atom. The number of hydrogen-bond acceptors (Lipinski definition) is 2. The van der Waals surface area contributed by atoms with E-state index < -0.39 is 0 Å². The first-order valence-electron chi connectivity index (χ1n) is 5.15. The lowest BCUT2D eigenvalue weighted by molar-refractivity contribution is -0.128. The van der Waals surface area contributed by atoms with Gasteiger partial charge in [-0.1, -0.05) is 0 Å². The minimum Gasteiger partial charge on any atom is -0.298 e. The molecule has 4 bridgehead atoms. The van der Waals surface area contributed by atoms with Gasteiger partial charge in [-0.2, -0.15) is 0 Å². The molecule has 0 saturated carbocycles. The summed E-state index contributed by atoms with van der Waals surface area (Å²) in [4.78, 5) is 14.1. The van der Waals surface area contributed by atoms with E-state index in [0.29, 0.717) is 11.8 Å². The highest BCUT2D eigenvalue weighted by Gasteiger charge is 2.49. The maximum absolute atomic E-state index is 11.6. The van der Waals surface area contributed by atoms with Crippen LogP contribution in [-0.4, -0.2) is 29.3 Å². The van der Waals surface area contributed by atoms with Gasteiger partial charge < -0.3 is 0 Å². The summed E-state index contributed by atoms with van der Waals surface area (Å²) in [5.74, 6) is 1.27. The molecule has 1 unspecified atom stereocenters. The average Bonchev–Trinajstić information content (AvgIpc) is 2.24. The molecular formula is C10H15NO. The summed E-state index contributed by atoms with van der Waals surface area (Å²) in [6.45, 7) is 1.19. The molecule has 66 valence electrons. The molecule has 3 saturated heterocycles. The van der Waals surface area contributed by atoms with Crippen LogP contribution >= 0.6 is 0 Å². The monoisotopic (exact) mass is 165 g/mol. The Balaban J connectivity index is 1.97. The van der Waals surface area contributed by atoms with Crippen molar-refractivity contribution in [2.24, 2.45) is 5.92 Å². The van der Waals surface area contributed by atoms with Gasteiger partial charge in [-0.3, -0.25) is 9.69 Å². The first-order chi connectivity index (χ1) is 5.86. The zero-order valence-electron chi connectivity index (χ0n) is 7.33. The Morgan fingerprint density at radius 3 is 3.08 bits per heavy atom. The standard InChI is InChI=1S/C10H15NO/c12-9-4-3-8-6-7-2-1-5-11(8)10(7)9/h7-8,10H,1-6H2/t7-,8+,10-/m1/s1. The minimum absolute atomic E-state index is 0.359. The third-order valence-corrected chi connectivity index (χ3v) is 3.89. The highest BCUT2D eigenvalue weighted by atomic mass is 16.1. The van der Waals surface area contributed by atoms with Crippen molar-refractivity contribution in [1.29, 1.82) is 0 Å². The van der Waals surface area contributed by atoms with Crippen LogP contribution in [0, 0.1) is 5.92 Å². The molecule has 4 atom stereocenters. The summed E-state index contributed by atoms with van der Waals surface area (Å²) in [6, 6.07) is 1.14. The van der Waals surface area contributed by atoms with Gasteiger partial charge in [0.25, 0.3) is 0 Å². The Hall–Kier alpha value is -0.370. The zero-order chi connectivity index (χ0) is 8.13. The van der Waals surface area contributed by atoms with E-state index in [2.05, 4.69) is 4.90 Å². The second-order valence-electron chi connectivity index (χ2n) is 4.48. The number of carbonyl (C=O) groups excluding carboxylic acids is 1. The Morgan fingerprint density at radius 2 is 2.25 bits per heavy atom. The first-order valence-corrected chi connectivity index (χ1v) is 5.15. The molecule has 3 fully saturated rings. The number of rotatable bonds is 0. The maximum Gasteiger partial charge on any atom is 0.150 e. The summed E-state index contributed by atoms with van der Waals surface area (Å²) in [6.07, 6.45) is 5.96. The highest BCUT2D eigenvalue weighted by Crippen LogP contribution is 2.43. The number of nitrogens with zero attached hydrogens (tertiary/aromatic N) is 1. The van der Waals surface area contributed by atoms with Gasteiger partial charge >= 0.3 is 0 Å². The molecule has 0 aromatic rings. The van der Waals surface area contributed by atoms with Crippen LogP contribution in [0.15, 0.2) is 0 Å². The van der Waals surface area contributed by atoms with Crippen molar-refractivity contribution >= 4 is 5.78 Å². The molecule has 3 rings (SSSR count). The number of Topliss-reactive ketones (excluding diaryl/α,β-unsaturated/α-hetero) is 1. The molecule has 3 heterocycles. The molecule has 2 heteroatoms. The predicted octanol–water partition coefficient (Wildman–Crippen LogP) is 1.20. The van der Waals surface area contributed by atoms with Crippen molar-refractivity contribution in [3.05, 3.63) is 0 Å². The lowest BCUT2D eigenvalue weighted by Crippen LogP contribution is -2.49. The summed E-state index contributed by atoms with van der Waals surface area (Å²) in [5, 5.41) is 0. The van der Waals surface area contributed by atoms with E-state index in [1.54, 1.807) is 0 Å². The molecular weight excluding hydrogens is 150 g/mol. The molecule has 0 N–H and O–H groups in total. The SMILES string of the molecule is O=C1CC[C@H]2C[C@H]3CCCN2[C@@H]13. The van der Waals surface area contributed by atoms with Crippen LogP contribution in [0.25, 0.3) is 0 Å². The van der Waals surface area contributed by atoms with Crippen molar-refractivity contribution < 1.29 is 4.79 Å². The molecule has 0 aromatic carbocycles. The molecule has 0 aromatic heterocycles. The van der Waals surface area contributed by atoms with E-state index in [9.17, 15) is 4.79 Å². The van der Waals surface area contributed by atoms with Gasteiger partial charge in [0.15, 0.2) is 0 Å². The third kappa shape index (κ3) is 0.764. The molecule has 0 aliphatic carbocycles. The van der Waals surface area contributed by atoms with E-state index in [4.69, 9.17) is 0 Å². The summed E-state index contributed by atoms with van der Waals surface area (Å²) in [7, 11) is 0. The van der Waals surface area contributed by atoms with Crippen LogP contribution in [0.4, 0.5) is 0 Å². The zero-order valence-corrected chi connectivity index (χ0v) is 7.33. The number of hydrogen-bond donors (Lipinski definition) is 0. The Kier molecular flexibility index (Phi) is 1.37. The molecule has 0 amide bonds. The average molecular weight is 165 g/mol. The maximum atomic E-state index is 11.6. The largest absolute Gasteiger partial charge is 0.298 e. The van der Waals surface area contributed by atoms with Gasteiger partial charge in [-0.15, -0.1) is 0 Å². The second-order valence-corrected chi connectivity index (χ2v) is 4.48. The fraction of sp³-hybridized carbons (Fsp3) is 0.900. The van der Waals surface area contributed by atoms with Crippen molar-refractivity contribution in [3.63, 3.8) is 0 Å². The van der Waals surface area contributed by atoms with Crippen molar-refractivity contribution in [1.82, 2.24) is 4.90 Å². The molecule has 3 aliphatic heterocycles. The van der Waals surface area contributed by atoms with Gasteiger partial charge in [0.2, 0.25) is 0 Å². The molecule has 3 aliphatic rings. The fourth-order valence-corrected chi connectivity index (χ4v) is 3.43. The first kappa shape index (κ1) is 7.07. The van der Waals surface area contributed by atoms with E-state index in [1.807, 2.05) is 0 Å². The van der Waals surface area contributed by atoms with Crippen LogP contribution in [0.5, 0.6) is 0 Å². The number of piperidine rings is 2. The quantitative estimate of drug-likeness (QED) is 0.537. The molecule has 12 heavy (non-hydrogen) atoms. The topological polar surface area (TPSA) is 20.3 Å². The van der Waals surface area contributed by atoms with Crippen LogP contribution in [0.2, 0.25) is 0 Å². The Labute approximate surface area is 72.9 Å². The normalized spacial score (nSPS) is 51.2. The van der Waals surface area contributed by atoms with Crippen molar-refractivity contribution in [2.45, 2.75) is 44.2 Å². The third-order valence-electron chi connectivity index (χ3n) is 3.89. The molecule has 0 radical (unpaired) electrons. The van der Waals surface area contributed by atoms with Crippen LogP contribution in [-0.2, 0) is 4.79 Å². The van der Waals surface area contributed by atoms with E-state index in [0.717, 1.165) is 24.8 Å². The van der Waals surface area contributed by atoms with Gasteiger partial charge in [0.1, 0.15) is 5.78 Å².